The van der Waals surface area contributed by atoms with E-state index in [9.17, 15) is 8.42 Å². The van der Waals surface area contributed by atoms with Gasteiger partial charge in [-0.15, -0.1) is 0 Å². The average molecular weight is 328 g/mol. The molecule has 7 heteroatoms. The van der Waals surface area contributed by atoms with Crippen LogP contribution < -0.4 is 14.2 Å². The van der Waals surface area contributed by atoms with E-state index in [0.29, 0.717) is 16.5 Å². The zero-order chi connectivity index (χ0) is 15.5. The van der Waals surface area contributed by atoms with Crippen LogP contribution in [0.5, 0.6) is 11.5 Å². The van der Waals surface area contributed by atoms with E-state index in [1.54, 1.807) is 30.3 Å². The number of anilines is 1. The third kappa shape index (κ3) is 3.59. The molecular formula is C14H14ClNO4S. The number of nitrogens with one attached hydrogen (secondary N) is 1. The van der Waals surface area contributed by atoms with Gasteiger partial charge in [0.2, 0.25) is 0 Å². The highest BCUT2D eigenvalue weighted by Gasteiger charge is 2.17. The van der Waals surface area contributed by atoms with Crippen molar-refractivity contribution in [2.45, 2.75) is 4.90 Å². The van der Waals surface area contributed by atoms with Crippen LogP contribution in [0.2, 0.25) is 5.02 Å². The molecule has 2 rings (SSSR count). The lowest BCUT2D eigenvalue weighted by Gasteiger charge is -2.13. The quantitative estimate of drug-likeness (QED) is 0.916. The Morgan fingerprint density at radius 1 is 1.05 bits per heavy atom. The van der Waals surface area contributed by atoms with Crippen molar-refractivity contribution in [3.63, 3.8) is 0 Å². The fourth-order valence-corrected chi connectivity index (χ4v) is 3.09. The van der Waals surface area contributed by atoms with Crippen molar-refractivity contribution in [3.8, 4) is 11.5 Å². The summed E-state index contributed by atoms with van der Waals surface area (Å²) in [5.41, 5.74) is 0.289. The highest BCUT2D eigenvalue weighted by Crippen LogP contribution is 2.31. The van der Waals surface area contributed by atoms with Crippen LogP contribution in [0.25, 0.3) is 0 Å². The Kier molecular flexibility index (Phi) is 4.59. The van der Waals surface area contributed by atoms with Crippen LogP contribution in [0.3, 0.4) is 0 Å². The number of rotatable bonds is 5. The van der Waals surface area contributed by atoms with Crippen molar-refractivity contribution in [2.24, 2.45) is 0 Å². The summed E-state index contributed by atoms with van der Waals surface area (Å²) in [5, 5.41) is 0.343. The molecule has 2 aromatic rings. The van der Waals surface area contributed by atoms with Crippen molar-refractivity contribution >= 4 is 27.3 Å². The summed E-state index contributed by atoms with van der Waals surface area (Å²) in [6, 6.07) is 10.8. The second kappa shape index (κ2) is 6.24. The molecule has 21 heavy (non-hydrogen) atoms. The lowest BCUT2D eigenvalue weighted by Crippen LogP contribution is -2.13. The predicted octanol–water partition coefficient (Wildman–Crippen LogP) is 3.16. The number of ether oxygens (including phenoxy) is 2. The minimum atomic E-state index is -3.76. The van der Waals surface area contributed by atoms with Crippen molar-refractivity contribution in [1.29, 1.82) is 0 Å². The molecule has 0 spiro atoms. The number of halogens is 1. The smallest absolute Gasteiger partial charge is 0.262 e. The van der Waals surface area contributed by atoms with Crippen LogP contribution >= 0.6 is 11.6 Å². The van der Waals surface area contributed by atoms with Gasteiger partial charge in [-0.25, -0.2) is 8.42 Å². The summed E-state index contributed by atoms with van der Waals surface area (Å²) in [5.74, 6) is 0.904. The second-order valence-electron chi connectivity index (χ2n) is 4.13. The molecule has 0 radical (unpaired) electrons. The van der Waals surface area contributed by atoms with Gasteiger partial charge in [-0.2, -0.15) is 0 Å². The largest absolute Gasteiger partial charge is 0.497 e. The Morgan fingerprint density at radius 3 is 2.43 bits per heavy atom. The van der Waals surface area contributed by atoms with Gasteiger partial charge in [-0.05, 0) is 30.3 Å². The monoisotopic (exact) mass is 327 g/mol. The van der Waals surface area contributed by atoms with Crippen molar-refractivity contribution in [2.75, 3.05) is 18.9 Å². The van der Waals surface area contributed by atoms with Gasteiger partial charge in [0, 0.05) is 11.1 Å². The standard InChI is InChI=1S/C14H14ClNO4S/c1-19-11-6-7-14(20-2)13(9-11)16-21(17,18)12-5-3-4-10(15)8-12/h3-9,16H,1-2H3. The maximum atomic E-state index is 12.4. The maximum Gasteiger partial charge on any atom is 0.262 e. The van der Waals surface area contributed by atoms with E-state index in [-0.39, 0.29) is 10.6 Å². The van der Waals surface area contributed by atoms with E-state index in [0.717, 1.165) is 0 Å². The molecule has 2 aromatic carbocycles. The summed E-state index contributed by atoms with van der Waals surface area (Å²) in [4.78, 5) is 0.0693. The zero-order valence-electron chi connectivity index (χ0n) is 11.5. The summed E-state index contributed by atoms with van der Waals surface area (Å²) >= 11 is 5.82. The first-order valence-electron chi connectivity index (χ1n) is 5.96. The molecule has 0 atom stereocenters. The fraction of sp³-hybridized carbons (Fsp3) is 0.143. The van der Waals surface area contributed by atoms with Gasteiger partial charge in [0.15, 0.2) is 0 Å². The number of sulfonamides is 1. The minimum absolute atomic E-state index is 0.0693. The topological polar surface area (TPSA) is 64.6 Å². The number of methoxy groups -OCH3 is 2. The Bertz CT molecular complexity index is 746. The van der Waals surface area contributed by atoms with Gasteiger partial charge in [-0.3, -0.25) is 4.72 Å². The molecule has 0 saturated heterocycles. The van der Waals surface area contributed by atoms with Gasteiger partial charge < -0.3 is 9.47 Å². The average Bonchev–Trinajstić information content (AvgIpc) is 2.46. The molecular weight excluding hydrogens is 314 g/mol. The van der Waals surface area contributed by atoms with Gasteiger partial charge in [-0.1, -0.05) is 17.7 Å². The molecule has 0 fully saturated rings. The first kappa shape index (κ1) is 15.5. The molecule has 0 aliphatic carbocycles. The molecule has 0 amide bonds. The third-order valence-electron chi connectivity index (χ3n) is 2.76. The van der Waals surface area contributed by atoms with Gasteiger partial charge in [0.25, 0.3) is 10.0 Å². The highest BCUT2D eigenvalue weighted by molar-refractivity contribution is 7.92. The Balaban J connectivity index is 2.40. The van der Waals surface area contributed by atoms with Crippen LogP contribution in [0.15, 0.2) is 47.4 Å². The van der Waals surface area contributed by atoms with Gasteiger partial charge in [0.1, 0.15) is 11.5 Å². The normalized spacial score (nSPS) is 11.0. The predicted molar refractivity (Wildman–Crippen MR) is 81.8 cm³/mol. The molecule has 0 unspecified atom stereocenters. The van der Waals surface area contributed by atoms with E-state index in [1.807, 2.05) is 0 Å². The molecule has 0 bridgehead atoms. The first-order chi connectivity index (χ1) is 9.96. The van der Waals surface area contributed by atoms with Gasteiger partial charge >= 0.3 is 0 Å². The fourth-order valence-electron chi connectivity index (χ4n) is 1.73. The lowest BCUT2D eigenvalue weighted by atomic mass is 10.3. The highest BCUT2D eigenvalue weighted by atomic mass is 35.5. The number of hydrogen-bond acceptors (Lipinski definition) is 4. The molecule has 0 heterocycles. The van der Waals surface area contributed by atoms with E-state index < -0.39 is 10.0 Å². The molecule has 0 aromatic heterocycles. The van der Waals surface area contributed by atoms with Crippen molar-refractivity contribution in [3.05, 3.63) is 47.5 Å². The first-order valence-corrected chi connectivity index (χ1v) is 7.83. The van der Waals surface area contributed by atoms with Crippen molar-refractivity contribution in [1.82, 2.24) is 0 Å². The number of hydrogen-bond donors (Lipinski definition) is 1. The molecule has 0 aliphatic rings. The summed E-state index contributed by atoms with van der Waals surface area (Å²) in [6.45, 7) is 0. The molecule has 5 nitrogen and oxygen atoms in total. The van der Waals surface area contributed by atoms with Crippen molar-refractivity contribution < 1.29 is 17.9 Å². The van der Waals surface area contributed by atoms with Crippen LogP contribution in [0.1, 0.15) is 0 Å². The maximum absolute atomic E-state index is 12.4. The van der Waals surface area contributed by atoms with Crippen LogP contribution in [0, 0.1) is 0 Å². The Morgan fingerprint density at radius 2 is 1.81 bits per heavy atom. The molecule has 112 valence electrons. The van der Waals surface area contributed by atoms with Gasteiger partial charge in [0.05, 0.1) is 24.8 Å². The van der Waals surface area contributed by atoms with E-state index in [4.69, 9.17) is 21.1 Å². The van der Waals surface area contributed by atoms with Crippen LogP contribution in [-0.2, 0) is 10.0 Å². The lowest BCUT2D eigenvalue weighted by molar-refractivity contribution is 0.405. The summed E-state index contributed by atoms with van der Waals surface area (Å²) < 4.78 is 37.4. The Labute approximate surface area is 128 Å². The molecule has 0 aliphatic heterocycles. The summed E-state index contributed by atoms with van der Waals surface area (Å²) in [7, 11) is -0.809. The zero-order valence-corrected chi connectivity index (χ0v) is 13.0. The Hall–Kier alpha value is -1.92. The van der Waals surface area contributed by atoms with Crippen LogP contribution in [-0.4, -0.2) is 22.6 Å². The van der Waals surface area contributed by atoms with E-state index >= 15 is 0 Å². The minimum Gasteiger partial charge on any atom is -0.497 e. The summed E-state index contributed by atoms with van der Waals surface area (Å²) in [6.07, 6.45) is 0. The molecule has 0 saturated carbocycles. The van der Waals surface area contributed by atoms with E-state index in [2.05, 4.69) is 4.72 Å². The third-order valence-corrected chi connectivity index (χ3v) is 4.36. The van der Waals surface area contributed by atoms with Crippen LogP contribution in [0.4, 0.5) is 5.69 Å². The molecule has 1 N–H and O–H groups in total. The second-order valence-corrected chi connectivity index (χ2v) is 6.25. The van der Waals surface area contributed by atoms with E-state index in [1.165, 1.54) is 26.4 Å². The number of benzene rings is 2. The SMILES string of the molecule is COc1ccc(OC)c(NS(=O)(=O)c2cccc(Cl)c2)c1.